The molecule has 2 aromatic carbocycles. The third-order valence-electron chi connectivity index (χ3n) is 3.45. The van der Waals surface area contributed by atoms with Crippen molar-refractivity contribution in [1.29, 1.82) is 0 Å². The van der Waals surface area contributed by atoms with Crippen LogP contribution in [0, 0.1) is 10.1 Å². The number of benzene rings is 2. The fourth-order valence-corrected chi connectivity index (χ4v) is 2.15. The molecule has 3 N–H and O–H groups in total. The minimum absolute atomic E-state index is 0.0602. The zero-order chi connectivity index (χ0) is 18.5. The number of carbonyl (C=O) groups is 1. The van der Waals surface area contributed by atoms with Gasteiger partial charge in [0, 0.05) is 17.7 Å². The minimum atomic E-state index is -0.510. The number of hydrogen-bond donors (Lipinski definition) is 3. The maximum absolute atomic E-state index is 12.1. The zero-order valence-electron chi connectivity index (χ0n) is 13.3. The maximum Gasteiger partial charge on any atom is 0.289 e. The highest BCUT2D eigenvalue weighted by Gasteiger charge is 2.13. The number of nitrogens with zero attached hydrogens (tertiary/aromatic N) is 3. The van der Waals surface area contributed by atoms with Gasteiger partial charge in [-0.25, -0.2) is 5.43 Å². The molecule has 0 aliphatic carbocycles. The van der Waals surface area contributed by atoms with Crippen LogP contribution in [0.1, 0.15) is 16.1 Å². The van der Waals surface area contributed by atoms with Crippen molar-refractivity contribution >= 4 is 17.8 Å². The van der Waals surface area contributed by atoms with E-state index >= 15 is 0 Å². The lowest BCUT2D eigenvalue weighted by Gasteiger charge is -1.97. The van der Waals surface area contributed by atoms with E-state index < -0.39 is 10.8 Å². The van der Waals surface area contributed by atoms with Gasteiger partial charge < -0.3 is 5.11 Å². The predicted octanol–water partition coefficient (Wildman–Crippen LogP) is 2.45. The van der Waals surface area contributed by atoms with E-state index in [4.69, 9.17) is 0 Å². The van der Waals surface area contributed by atoms with Crippen LogP contribution in [-0.4, -0.2) is 32.3 Å². The highest BCUT2D eigenvalue weighted by atomic mass is 16.6. The van der Waals surface area contributed by atoms with Crippen LogP contribution in [-0.2, 0) is 0 Å². The third-order valence-corrected chi connectivity index (χ3v) is 3.45. The fourth-order valence-electron chi connectivity index (χ4n) is 2.15. The summed E-state index contributed by atoms with van der Waals surface area (Å²) in [5, 5.41) is 30.4. The van der Waals surface area contributed by atoms with Crippen molar-refractivity contribution in [3.8, 4) is 17.0 Å². The molecule has 0 saturated heterocycles. The number of rotatable bonds is 5. The smallest absolute Gasteiger partial charge is 0.289 e. The Bertz CT molecular complexity index is 979. The molecule has 0 atom stereocenters. The fraction of sp³-hybridized carbons (Fsp3) is 0. The number of non-ortho nitro benzene ring substituents is 1. The third kappa shape index (κ3) is 3.90. The predicted molar refractivity (Wildman–Crippen MR) is 93.8 cm³/mol. The molecule has 3 rings (SSSR count). The number of nitro groups is 1. The molecule has 0 aliphatic heterocycles. The number of nitrogens with one attached hydrogen (secondary N) is 2. The summed E-state index contributed by atoms with van der Waals surface area (Å²) >= 11 is 0. The SMILES string of the molecule is O=C(NN=Cc1ccc(O)cc1)c1cc(-c2cccc([N+](=O)[O-])c2)n[nH]1. The quantitative estimate of drug-likeness (QED) is 0.369. The molecule has 1 aromatic heterocycles. The van der Waals surface area contributed by atoms with E-state index in [0.29, 0.717) is 16.8 Å². The van der Waals surface area contributed by atoms with Crippen LogP contribution in [0.2, 0.25) is 0 Å². The van der Waals surface area contributed by atoms with Gasteiger partial charge in [0.25, 0.3) is 11.6 Å². The number of aromatic nitrogens is 2. The van der Waals surface area contributed by atoms with Gasteiger partial charge in [0.2, 0.25) is 0 Å². The van der Waals surface area contributed by atoms with E-state index in [1.165, 1.54) is 36.5 Å². The summed E-state index contributed by atoms with van der Waals surface area (Å²) in [6, 6.07) is 13.7. The molecular weight excluding hydrogens is 338 g/mol. The van der Waals surface area contributed by atoms with Crippen LogP contribution >= 0.6 is 0 Å². The van der Waals surface area contributed by atoms with Crippen LogP contribution in [0.25, 0.3) is 11.3 Å². The van der Waals surface area contributed by atoms with Gasteiger partial charge in [-0.3, -0.25) is 20.0 Å². The first-order chi connectivity index (χ1) is 12.5. The summed E-state index contributed by atoms with van der Waals surface area (Å²) < 4.78 is 0. The minimum Gasteiger partial charge on any atom is -0.508 e. The molecule has 26 heavy (non-hydrogen) atoms. The molecule has 130 valence electrons. The Morgan fingerprint density at radius 3 is 2.73 bits per heavy atom. The Kier molecular flexibility index (Phi) is 4.70. The van der Waals surface area contributed by atoms with Crippen LogP contribution in [0.3, 0.4) is 0 Å². The Morgan fingerprint density at radius 1 is 1.23 bits per heavy atom. The highest BCUT2D eigenvalue weighted by molar-refractivity contribution is 5.94. The molecule has 9 heteroatoms. The number of hydrazone groups is 1. The lowest BCUT2D eigenvalue weighted by Crippen LogP contribution is -2.17. The Labute approximate surface area is 147 Å². The average molecular weight is 351 g/mol. The molecule has 0 unspecified atom stereocenters. The van der Waals surface area contributed by atoms with Crippen molar-refractivity contribution in [2.24, 2.45) is 5.10 Å². The van der Waals surface area contributed by atoms with Gasteiger partial charge in [0.15, 0.2) is 0 Å². The van der Waals surface area contributed by atoms with E-state index in [9.17, 15) is 20.0 Å². The van der Waals surface area contributed by atoms with Crippen LogP contribution in [0.15, 0.2) is 59.7 Å². The Balaban J connectivity index is 1.69. The summed E-state index contributed by atoms with van der Waals surface area (Å²) in [6.45, 7) is 0. The number of phenols is 1. The van der Waals surface area contributed by atoms with E-state index in [1.54, 1.807) is 24.3 Å². The maximum atomic E-state index is 12.1. The van der Waals surface area contributed by atoms with Gasteiger partial charge >= 0.3 is 0 Å². The number of nitro benzene ring substituents is 1. The molecule has 9 nitrogen and oxygen atoms in total. The average Bonchev–Trinajstić information content (AvgIpc) is 3.14. The molecule has 3 aromatic rings. The summed E-state index contributed by atoms with van der Waals surface area (Å²) in [5.74, 6) is -0.374. The number of carbonyl (C=O) groups excluding carboxylic acids is 1. The lowest BCUT2D eigenvalue weighted by atomic mass is 10.1. The number of aromatic hydroxyl groups is 1. The molecule has 0 spiro atoms. The van der Waals surface area contributed by atoms with Crippen molar-refractivity contribution in [1.82, 2.24) is 15.6 Å². The van der Waals surface area contributed by atoms with Crippen LogP contribution in [0.5, 0.6) is 5.75 Å². The topological polar surface area (TPSA) is 134 Å². The van der Waals surface area contributed by atoms with Crippen molar-refractivity contribution in [3.05, 3.63) is 76.0 Å². The van der Waals surface area contributed by atoms with Crippen molar-refractivity contribution in [3.63, 3.8) is 0 Å². The van der Waals surface area contributed by atoms with Gasteiger partial charge in [0.1, 0.15) is 11.4 Å². The van der Waals surface area contributed by atoms with Crippen molar-refractivity contribution < 1.29 is 14.8 Å². The van der Waals surface area contributed by atoms with Crippen LogP contribution in [0.4, 0.5) is 5.69 Å². The van der Waals surface area contributed by atoms with Gasteiger partial charge in [0.05, 0.1) is 16.8 Å². The molecule has 1 amide bonds. The monoisotopic (exact) mass is 351 g/mol. The van der Waals surface area contributed by atoms with Crippen molar-refractivity contribution in [2.75, 3.05) is 0 Å². The summed E-state index contributed by atoms with van der Waals surface area (Å²) in [5.41, 5.74) is 4.07. The van der Waals surface area contributed by atoms with Gasteiger partial charge in [-0.15, -0.1) is 0 Å². The number of phenolic OH excluding ortho intramolecular Hbond substituents is 1. The second-order valence-corrected chi connectivity index (χ2v) is 5.26. The summed E-state index contributed by atoms with van der Waals surface area (Å²) in [6.07, 6.45) is 1.43. The first-order valence-corrected chi connectivity index (χ1v) is 7.45. The lowest BCUT2D eigenvalue weighted by molar-refractivity contribution is -0.384. The van der Waals surface area contributed by atoms with E-state index in [1.807, 2.05) is 0 Å². The first-order valence-electron chi connectivity index (χ1n) is 7.45. The second-order valence-electron chi connectivity index (χ2n) is 5.26. The first kappa shape index (κ1) is 16.8. The summed E-state index contributed by atoms with van der Waals surface area (Å²) in [4.78, 5) is 22.4. The molecule has 0 radical (unpaired) electrons. The van der Waals surface area contributed by atoms with Crippen molar-refractivity contribution in [2.45, 2.75) is 0 Å². The van der Waals surface area contributed by atoms with E-state index in [2.05, 4.69) is 20.7 Å². The Morgan fingerprint density at radius 2 is 2.00 bits per heavy atom. The highest BCUT2D eigenvalue weighted by Crippen LogP contribution is 2.22. The molecule has 0 fully saturated rings. The van der Waals surface area contributed by atoms with Crippen LogP contribution < -0.4 is 5.43 Å². The summed E-state index contributed by atoms with van der Waals surface area (Å²) in [7, 11) is 0. The number of aromatic amines is 1. The largest absolute Gasteiger partial charge is 0.508 e. The molecule has 0 bridgehead atoms. The van der Waals surface area contributed by atoms with Gasteiger partial charge in [-0.05, 0) is 35.9 Å². The van der Waals surface area contributed by atoms with E-state index in [-0.39, 0.29) is 17.1 Å². The normalized spacial score (nSPS) is 10.8. The second kappa shape index (κ2) is 7.26. The van der Waals surface area contributed by atoms with Gasteiger partial charge in [-0.2, -0.15) is 10.2 Å². The van der Waals surface area contributed by atoms with Gasteiger partial charge in [-0.1, -0.05) is 12.1 Å². The number of H-pyrrole nitrogens is 1. The molecule has 0 saturated carbocycles. The Hall–Kier alpha value is -4.01. The zero-order valence-corrected chi connectivity index (χ0v) is 13.3. The molecular formula is C17H13N5O4. The standard InChI is InChI=1S/C17H13N5O4/c23-14-6-4-11(5-7-14)10-18-21-17(24)16-9-15(19-20-16)12-2-1-3-13(8-12)22(25)26/h1-10,23H,(H,19,20)(H,21,24). The molecule has 1 heterocycles. The number of hydrogen-bond acceptors (Lipinski definition) is 6. The molecule has 0 aliphatic rings. The van der Waals surface area contributed by atoms with E-state index in [0.717, 1.165) is 0 Å². The number of amides is 1.